The lowest BCUT2D eigenvalue weighted by Gasteiger charge is -2.20. The Labute approximate surface area is 98.9 Å². The van der Waals surface area contributed by atoms with Gasteiger partial charge in [-0.3, -0.25) is 4.39 Å². The largest absolute Gasteiger partial charge is 0.250 e. The van der Waals surface area contributed by atoms with Crippen LogP contribution in [0.25, 0.3) is 0 Å². The molecule has 0 spiro atoms. The zero-order valence-corrected chi connectivity index (χ0v) is 10.9. The molecule has 1 heteroatoms. The Morgan fingerprint density at radius 3 is 2.06 bits per heavy atom. The Kier molecular flexibility index (Phi) is 4.52. The predicted octanol–water partition coefficient (Wildman–Crippen LogP) is 4.84. The highest BCUT2D eigenvalue weighted by Crippen LogP contribution is 2.26. The van der Waals surface area contributed by atoms with E-state index in [1.54, 1.807) is 0 Å². The predicted molar refractivity (Wildman–Crippen MR) is 68.8 cm³/mol. The standard InChI is InChI=1S/C15H23F/c1-5-6-13(11-16)12-7-9-14(10-8-12)15(2,3)4/h7-10,13H,5-6,11H2,1-4H3. The highest BCUT2D eigenvalue weighted by atomic mass is 19.1. The van der Waals surface area contributed by atoms with Crippen LogP contribution in [0, 0.1) is 0 Å². The summed E-state index contributed by atoms with van der Waals surface area (Å²) < 4.78 is 12.9. The molecule has 1 aromatic carbocycles. The van der Waals surface area contributed by atoms with Gasteiger partial charge in [0.15, 0.2) is 0 Å². The summed E-state index contributed by atoms with van der Waals surface area (Å²) in [6.45, 7) is 8.44. The quantitative estimate of drug-likeness (QED) is 0.684. The average Bonchev–Trinajstić information content (AvgIpc) is 2.25. The fourth-order valence-electron chi connectivity index (χ4n) is 1.94. The first-order chi connectivity index (χ1) is 7.49. The number of halogens is 1. The van der Waals surface area contributed by atoms with Gasteiger partial charge in [0.25, 0.3) is 0 Å². The van der Waals surface area contributed by atoms with Crippen molar-refractivity contribution in [3.63, 3.8) is 0 Å². The van der Waals surface area contributed by atoms with E-state index in [-0.39, 0.29) is 18.0 Å². The molecule has 16 heavy (non-hydrogen) atoms. The average molecular weight is 222 g/mol. The van der Waals surface area contributed by atoms with Crippen LogP contribution in [0.15, 0.2) is 24.3 Å². The molecular formula is C15H23F. The number of hydrogen-bond donors (Lipinski definition) is 0. The summed E-state index contributed by atoms with van der Waals surface area (Å²) in [7, 11) is 0. The third-order valence-electron chi connectivity index (χ3n) is 3.07. The highest BCUT2D eigenvalue weighted by molar-refractivity contribution is 5.29. The highest BCUT2D eigenvalue weighted by Gasteiger charge is 2.15. The van der Waals surface area contributed by atoms with Crippen molar-refractivity contribution in [1.82, 2.24) is 0 Å². The molecule has 1 unspecified atom stereocenters. The molecule has 0 N–H and O–H groups in total. The van der Waals surface area contributed by atoms with Crippen LogP contribution in [0.3, 0.4) is 0 Å². The summed E-state index contributed by atoms with van der Waals surface area (Å²) >= 11 is 0. The second-order valence-corrected chi connectivity index (χ2v) is 5.51. The second-order valence-electron chi connectivity index (χ2n) is 5.51. The minimum atomic E-state index is -0.247. The number of hydrogen-bond acceptors (Lipinski definition) is 0. The van der Waals surface area contributed by atoms with E-state index in [1.165, 1.54) is 5.56 Å². The fraction of sp³-hybridized carbons (Fsp3) is 0.600. The molecule has 0 heterocycles. The summed E-state index contributed by atoms with van der Waals surface area (Å²) in [6, 6.07) is 8.43. The van der Waals surface area contributed by atoms with Crippen molar-refractivity contribution in [2.45, 2.75) is 51.9 Å². The number of benzene rings is 1. The first kappa shape index (κ1) is 13.2. The van der Waals surface area contributed by atoms with Crippen molar-refractivity contribution in [3.05, 3.63) is 35.4 Å². The van der Waals surface area contributed by atoms with Crippen molar-refractivity contribution in [2.75, 3.05) is 6.67 Å². The molecule has 0 amide bonds. The van der Waals surface area contributed by atoms with Crippen LogP contribution in [0.1, 0.15) is 57.6 Å². The van der Waals surface area contributed by atoms with Crippen LogP contribution in [0.2, 0.25) is 0 Å². The summed E-state index contributed by atoms with van der Waals surface area (Å²) in [5.41, 5.74) is 2.62. The van der Waals surface area contributed by atoms with Crippen molar-refractivity contribution in [1.29, 1.82) is 0 Å². The molecule has 1 atom stereocenters. The van der Waals surface area contributed by atoms with Crippen LogP contribution < -0.4 is 0 Å². The molecule has 0 aromatic heterocycles. The molecule has 0 bridgehead atoms. The van der Waals surface area contributed by atoms with Crippen LogP contribution in [0.4, 0.5) is 4.39 Å². The van der Waals surface area contributed by atoms with Crippen LogP contribution in [-0.4, -0.2) is 6.67 Å². The molecule has 0 aliphatic rings. The molecule has 0 aliphatic carbocycles. The van der Waals surface area contributed by atoms with Crippen molar-refractivity contribution < 1.29 is 4.39 Å². The van der Waals surface area contributed by atoms with Gasteiger partial charge in [-0.2, -0.15) is 0 Å². The second kappa shape index (κ2) is 5.47. The van der Waals surface area contributed by atoms with E-state index < -0.39 is 0 Å². The molecule has 0 aliphatic heterocycles. The molecule has 0 radical (unpaired) electrons. The molecule has 1 rings (SSSR count). The Morgan fingerprint density at radius 2 is 1.69 bits per heavy atom. The van der Waals surface area contributed by atoms with Gasteiger partial charge in [-0.25, -0.2) is 0 Å². The van der Waals surface area contributed by atoms with E-state index in [9.17, 15) is 4.39 Å². The SMILES string of the molecule is CCCC(CF)c1ccc(C(C)(C)C)cc1. The lowest BCUT2D eigenvalue weighted by atomic mass is 9.85. The Balaban J connectivity index is 2.85. The summed E-state index contributed by atoms with van der Waals surface area (Å²) in [5.74, 6) is 0.0824. The first-order valence-electron chi connectivity index (χ1n) is 6.15. The van der Waals surface area contributed by atoms with E-state index in [1.807, 2.05) is 0 Å². The van der Waals surface area contributed by atoms with E-state index >= 15 is 0 Å². The fourth-order valence-corrected chi connectivity index (χ4v) is 1.94. The lowest BCUT2D eigenvalue weighted by Crippen LogP contribution is -2.11. The van der Waals surface area contributed by atoms with Gasteiger partial charge in [0, 0.05) is 5.92 Å². The summed E-state index contributed by atoms with van der Waals surface area (Å²) in [6.07, 6.45) is 1.97. The van der Waals surface area contributed by atoms with E-state index in [0.29, 0.717) is 0 Å². The smallest absolute Gasteiger partial charge is 0.0962 e. The third kappa shape index (κ3) is 3.33. The van der Waals surface area contributed by atoms with Crippen LogP contribution in [-0.2, 0) is 5.41 Å². The van der Waals surface area contributed by atoms with Crippen LogP contribution in [0.5, 0.6) is 0 Å². The Bertz CT molecular complexity index is 305. The minimum Gasteiger partial charge on any atom is -0.250 e. The van der Waals surface area contributed by atoms with Crippen LogP contribution >= 0.6 is 0 Å². The zero-order valence-electron chi connectivity index (χ0n) is 10.9. The normalized spacial score (nSPS) is 13.8. The van der Waals surface area contributed by atoms with Gasteiger partial charge in [-0.05, 0) is 23.0 Å². The van der Waals surface area contributed by atoms with Crippen molar-refractivity contribution in [2.24, 2.45) is 0 Å². The third-order valence-corrected chi connectivity index (χ3v) is 3.07. The number of alkyl halides is 1. The first-order valence-corrected chi connectivity index (χ1v) is 6.15. The Morgan fingerprint density at radius 1 is 1.12 bits per heavy atom. The van der Waals surface area contributed by atoms with Gasteiger partial charge >= 0.3 is 0 Å². The molecule has 0 saturated carbocycles. The maximum atomic E-state index is 12.9. The molecule has 1 aromatic rings. The molecule has 0 saturated heterocycles. The van der Waals surface area contributed by atoms with Gasteiger partial charge in [0.1, 0.15) is 0 Å². The summed E-state index contributed by atoms with van der Waals surface area (Å²) in [4.78, 5) is 0. The van der Waals surface area contributed by atoms with Crippen molar-refractivity contribution >= 4 is 0 Å². The number of rotatable bonds is 4. The molecule has 0 nitrogen and oxygen atoms in total. The lowest BCUT2D eigenvalue weighted by molar-refractivity contribution is 0.412. The maximum Gasteiger partial charge on any atom is 0.0962 e. The molecular weight excluding hydrogens is 199 g/mol. The molecule has 0 fully saturated rings. The monoisotopic (exact) mass is 222 g/mol. The van der Waals surface area contributed by atoms with Gasteiger partial charge < -0.3 is 0 Å². The summed E-state index contributed by atoms with van der Waals surface area (Å²) in [5, 5.41) is 0. The van der Waals surface area contributed by atoms with E-state index in [4.69, 9.17) is 0 Å². The zero-order chi connectivity index (χ0) is 12.2. The van der Waals surface area contributed by atoms with E-state index in [2.05, 4.69) is 52.0 Å². The van der Waals surface area contributed by atoms with E-state index in [0.717, 1.165) is 18.4 Å². The minimum absolute atomic E-state index is 0.0824. The molecule has 90 valence electrons. The van der Waals surface area contributed by atoms with Crippen molar-refractivity contribution in [3.8, 4) is 0 Å². The maximum absolute atomic E-state index is 12.9. The van der Waals surface area contributed by atoms with Gasteiger partial charge in [-0.15, -0.1) is 0 Å². The topological polar surface area (TPSA) is 0 Å². The Hall–Kier alpha value is -0.850. The van der Waals surface area contributed by atoms with Gasteiger partial charge in [0.05, 0.1) is 6.67 Å². The van der Waals surface area contributed by atoms with Gasteiger partial charge in [0.2, 0.25) is 0 Å². The van der Waals surface area contributed by atoms with Gasteiger partial charge in [-0.1, -0.05) is 58.4 Å².